The summed E-state index contributed by atoms with van der Waals surface area (Å²) >= 11 is 0. The number of amides is 1. The average molecular weight is 353 g/mol. The van der Waals surface area contributed by atoms with Crippen molar-refractivity contribution in [3.63, 3.8) is 0 Å². The second-order valence-corrected chi connectivity index (χ2v) is 7.77. The van der Waals surface area contributed by atoms with Crippen molar-refractivity contribution in [1.29, 1.82) is 0 Å². The Morgan fingerprint density at radius 2 is 1.75 bits per heavy atom. The van der Waals surface area contributed by atoms with Crippen molar-refractivity contribution in [2.24, 2.45) is 0 Å². The fourth-order valence-electron chi connectivity index (χ4n) is 2.27. The van der Waals surface area contributed by atoms with Crippen molar-refractivity contribution in [2.75, 3.05) is 6.26 Å². The van der Waals surface area contributed by atoms with Gasteiger partial charge in [-0.25, -0.2) is 17.2 Å². The van der Waals surface area contributed by atoms with Crippen molar-refractivity contribution >= 4 is 15.7 Å². The Hall–Kier alpha value is -2.28. The number of benzene rings is 2. The highest BCUT2D eigenvalue weighted by Gasteiger charge is 2.15. The Kier molecular flexibility index (Phi) is 5.33. The Morgan fingerprint density at radius 1 is 1.12 bits per heavy atom. The topological polar surface area (TPSA) is 63.2 Å². The van der Waals surface area contributed by atoms with Gasteiger partial charge < -0.3 is 5.32 Å². The average Bonchev–Trinajstić information content (AvgIpc) is 2.45. The number of carbonyl (C=O) groups is 1. The number of nitrogens with one attached hydrogen (secondary N) is 1. The molecule has 1 N–H and O–H groups in total. The standard InChI is InChI=1S/C17H17F2NO3S/c1-11(15-8-7-14(18)9-16(15)19)20-17(21)13-5-3-12(4-6-13)10-24(2,22)23/h3-9,11H,10H2,1-2H3,(H,20,21)/t11-/m0/s1. The lowest BCUT2D eigenvalue weighted by Crippen LogP contribution is -2.27. The van der Waals surface area contributed by atoms with Crippen LogP contribution in [-0.4, -0.2) is 20.6 Å². The fourth-order valence-corrected chi connectivity index (χ4v) is 3.06. The van der Waals surface area contributed by atoms with E-state index in [1.54, 1.807) is 19.1 Å². The van der Waals surface area contributed by atoms with Crippen LogP contribution in [-0.2, 0) is 15.6 Å². The highest BCUT2D eigenvalue weighted by molar-refractivity contribution is 7.89. The number of carbonyl (C=O) groups excluding carboxylic acids is 1. The van der Waals surface area contributed by atoms with Gasteiger partial charge in [0.25, 0.3) is 5.91 Å². The molecule has 2 rings (SSSR count). The molecule has 1 amide bonds. The number of rotatable bonds is 5. The molecule has 1 atom stereocenters. The van der Waals surface area contributed by atoms with Gasteiger partial charge in [-0.2, -0.15) is 0 Å². The monoisotopic (exact) mass is 353 g/mol. The lowest BCUT2D eigenvalue weighted by Gasteiger charge is -2.15. The van der Waals surface area contributed by atoms with Gasteiger partial charge in [0, 0.05) is 23.4 Å². The first-order chi connectivity index (χ1) is 11.2. The minimum Gasteiger partial charge on any atom is -0.345 e. The van der Waals surface area contributed by atoms with Gasteiger partial charge in [-0.05, 0) is 30.7 Å². The Morgan fingerprint density at radius 3 is 2.29 bits per heavy atom. The number of halogens is 2. The predicted octanol–water partition coefficient (Wildman–Crippen LogP) is 3.00. The third-order valence-electron chi connectivity index (χ3n) is 3.42. The highest BCUT2D eigenvalue weighted by atomic mass is 32.2. The van der Waals surface area contributed by atoms with Crippen LogP contribution in [0.25, 0.3) is 0 Å². The van der Waals surface area contributed by atoms with Gasteiger partial charge in [0.1, 0.15) is 11.6 Å². The molecule has 0 aromatic heterocycles. The molecular formula is C17H17F2NO3S. The molecule has 0 spiro atoms. The normalized spacial score (nSPS) is 12.7. The third-order valence-corrected chi connectivity index (χ3v) is 4.28. The highest BCUT2D eigenvalue weighted by Crippen LogP contribution is 2.18. The van der Waals surface area contributed by atoms with Crippen molar-refractivity contribution in [2.45, 2.75) is 18.7 Å². The van der Waals surface area contributed by atoms with Gasteiger partial charge >= 0.3 is 0 Å². The van der Waals surface area contributed by atoms with Crippen molar-refractivity contribution in [1.82, 2.24) is 5.32 Å². The molecule has 2 aromatic rings. The molecular weight excluding hydrogens is 336 g/mol. The summed E-state index contributed by atoms with van der Waals surface area (Å²) in [5, 5.41) is 2.62. The van der Waals surface area contributed by atoms with E-state index in [0.717, 1.165) is 18.4 Å². The van der Waals surface area contributed by atoms with E-state index in [-0.39, 0.29) is 11.3 Å². The zero-order valence-electron chi connectivity index (χ0n) is 13.2. The summed E-state index contributed by atoms with van der Waals surface area (Å²) < 4.78 is 49.1. The number of hydrogen-bond acceptors (Lipinski definition) is 3. The Balaban J connectivity index is 2.09. The summed E-state index contributed by atoms with van der Waals surface area (Å²) in [6.45, 7) is 1.59. The molecule has 0 fully saturated rings. The minimum atomic E-state index is -3.15. The van der Waals surface area contributed by atoms with Crippen molar-refractivity contribution in [3.05, 3.63) is 70.8 Å². The first-order valence-electron chi connectivity index (χ1n) is 7.18. The van der Waals surface area contributed by atoms with Gasteiger partial charge in [-0.15, -0.1) is 0 Å². The molecule has 0 aliphatic rings. The SMILES string of the molecule is C[C@H](NC(=O)c1ccc(CS(C)(=O)=O)cc1)c1ccc(F)cc1F. The van der Waals surface area contributed by atoms with E-state index in [1.807, 2.05) is 0 Å². The lowest BCUT2D eigenvalue weighted by atomic mass is 10.1. The van der Waals surface area contributed by atoms with E-state index < -0.39 is 33.4 Å². The van der Waals surface area contributed by atoms with Crippen molar-refractivity contribution in [3.8, 4) is 0 Å². The van der Waals surface area contributed by atoms with Crippen LogP contribution < -0.4 is 5.32 Å². The maximum Gasteiger partial charge on any atom is 0.251 e. The molecule has 24 heavy (non-hydrogen) atoms. The van der Waals surface area contributed by atoms with Crippen molar-refractivity contribution < 1.29 is 22.0 Å². The summed E-state index contributed by atoms with van der Waals surface area (Å²) in [4.78, 5) is 12.2. The first-order valence-corrected chi connectivity index (χ1v) is 9.24. The molecule has 0 unspecified atom stereocenters. The molecule has 0 saturated heterocycles. The van der Waals surface area contributed by atoms with Gasteiger partial charge in [-0.3, -0.25) is 4.79 Å². The zero-order valence-corrected chi connectivity index (χ0v) is 14.0. The van der Waals surface area contributed by atoms with Crippen LogP contribution in [0, 0.1) is 11.6 Å². The number of hydrogen-bond donors (Lipinski definition) is 1. The van der Waals surface area contributed by atoms with Gasteiger partial charge in [0.05, 0.1) is 11.8 Å². The van der Waals surface area contributed by atoms with Crippen LogP contribution in [0.1, 0.15) is 34.5 Å². The van der Waals surface area contributed by atoms with E-state index in [2.05, 4.69) is 5.32 Å². The smallest absolute Gasteiger partial charge is 0.251 e. The van der Waals surface area contributed by atoms with E-state index in [1.165, 1.54) is 18.2 Å². The molecule has 0 aliphatic heterocycles. The molecule has 0 radical (unpaired) electrons. The van der Waals surface area contributed by atoms with Gasteiger partial charge in [0.2, 0.25) is 0 Å². The maximum absolute atomic E-state index is 13.7. The molecule has 0 saturated carbocycles. The summed E-state index contributed by atoms with van der Waals surface area (Å²) in [6, 6.07) is 8.64. The molecule has 0 bridgehead atoms. The molecule has 128 valence electrons. The van der Waals surface area contributed by atoms with Crippen LogP contribution in [0.15, 0.2) is 42.5 Å². The van der Waals surface area contributed by atoms with E-state index in [0.29, 0.717) is 11.1 Å². The Labute approximate surface area is 139 Å². The van der Waals surface area contributed by atoms with Crippen LogP contribution in [0.4, 0.5) is 8.78 Å². The summed E-state index contributed by atoms with van der Waals surface area (Å²) in [6.07, 6.45) is 1.13. The zero-order chi connectivity index (χ0) is 17.9. The van der Waals surface area contributed by atoms with Crippen LogP contribution in [0.5, 0.6) is 0 Å². The minimum absolute atomic E-state index is 0.105. The molecule has 7 heteroatoms. The molecule has 0 aliphatic carbocycles. The second-order valence-electron chi connectivity index (χ2n) is 5.63. The summed E-state index contributed by atoms with van der Waals surface area (Å²) in [5.74, 6) is -1.95. The molecule has 2 aromatic carbocycles. The summed E-state index contributed by atoms with van der Waals surface area (Å²) in [5.41, 5.74) is 1.08. The predicted molar refractivity (Wildman–Crippen MR) is 87.2 cm³/mol. The Bertz CT molecular complexity index is 849. The fraction of sp³-hybridized carbons (Fsp3) is 0.235. The quantitative estimate of drug-likeness (QED) is 0.899. The van der Waals surface area contributed by atoms with Crippen LogP contribution in [0.2, 0.25) is 0 Å². The first kappa shape index (κ1) is 18.1. The molecule has 0 heterocycles. The van der Waals surface area contributed by atoms with E-state index >= 15 is 0 Å². The largest absolute Gasteiger partial charge is 0.345 e. The molecule has 4 nitrogen and oxygen atoms in total. The van der Waals surface area contributed by atoms with Gasteiger partial charge in [0.15, 0.2) is 9.84 Å². The second kappa shape index (κ2) is 7.09. The van der Waals surface area contributed by atoms with Crippen LogP contribution in [0.3, 0.4) is 0 Å². The summed E-state index contributed by atoms with van der Waals surface area (Å²) in [7, 11) is -3.15. The van der Waals surface area contributed by atoms with Crippen LogP contribution >= 0.6 is 0 Å². The maximum atomic E-state index is 13.7. The van der Waals surface area contributed by atoms with E-state index in [9.17, 15) is 22.0 Å². The van der Waals surface area contributed by atoms with E-state index in [4.69, 9.17) is 0 Å². The number of sulfone groups is 1. The lowest BCUT2D eigenvalue weighted by molar-refractivity contribution is 0.0939. The van der Waals surface area contributed by atoms with Gasteiger partial charge in [-0.1, -0.05) is 18.2 Å². The third kappa shape index (κ3) is 4.86.